The van der Waals surface area contributed by atoms with Crippen molar-refractivity contribution in [2.45, 2.75) is 37.9 Å². The second-order valence-electron chi connectivity index (χ2n) is 3.40. The second kappa shape index (κ2) is 4.93. The van der Waals surface area contributed by atoms with Crippen LogP contribution in [0.3, 0.4) is 0 Å². The number of aliphatic hydroxyl groups is 1. The number of rotatable bonds is 3. The van der Waals surface area contributed by atoms with Crippen molar-refractivity contribution in [3.05, 3.63) is 11.1 Å². The maximum absolute atomic E-state index is 8.91. The lowest BCUT2D eigenvalue weighted by molar-refractivity contribution is 0.296. The maximum Gasteiger partial charge on any atom is 0.0468 e. The fraction of sp³-hybridized carbons (Fsp3) is 0.800. The molecule has 0 aromatic rings. The topological polar surface area (TPSA) is 20.2 Å². The summed E-state index contributed by atoms with van der Waals surface area (Å²) in [5.41, 5.74) is 3.03. The van der Waals surface area contributed by atoms with Gasteiger partial charge in [0.25, 0.3) is 0 Å². The standard InChI is InChI=1S/C10H18OS/c1-8-4-3-5-10(12-2)9(8)6-7-11/h10-11H,3-7H2,1-2H3. The highest BCUT2D eigenvalue weighted by Crippen LogP contribution is 2.33. The fourth-order valence-corrected chi connectivity index (χ4v) is 2.92. The third kappa shape index (κ3) is 2.27. The summed E-state index contributed by atoms with van der Waals surface area (Å²) in [5, 5.41) is 9.59. The van der Waals surface area contributed by atoms with E-state index in [9.17, 15) is 0 Å². The van der Waals surface area contributed by atoms with Gasteiger partial charge in [0.15, 0.2) is 0 Å². The molecule has 12 heavy (non-hydrogen) atoms. The highest BCUT2D eigenvalue weighted by atomic mass is 32.2. The van der Waals surface area contributed by atoms with Crippen LogP contribution in [0.1, 0.15) is 32.6 Å². The summed E-state index contributed by atoms with van der Waals surface area (Å²) in [6.07, 6.45) is 6.92. The number of aliphatic hydroxyl groups excluding tert-OH is 1. The van der Waals surface area contributed by atoms with Crippen molar-refractivity contribution in [1.82, 2.24) is 0 Å². The fourth-order valence-electron chi connectivity index (χ4n) is 1.92. The van der Waals surface area contributed by atoms with Gasteiger partial charge in [-0.2, -0.15) is 11.8 Å². The summed E-state index contributed by atoms with van der Waals surface area (Å²) in [4.78, 5) is 0. The zero-order valence-electron chi connectivity index (χ0n) is 7.97. The van der Waals surface area contributed by atoms with Crippen molar-refractivity contribution in [1.29, 1.82) is 0 Å². The van der Waals surface area contributed by atoms with Crippen LogP contribution in [-0.4, -0.2) is 23.2 Å². The van der Waals surface area contributed by atoms with E-state index >= 15 is 0 Å². The van der Waals surface area contributed by atoms with Gasteiger partial charge in [0.05, 0.1) is 0 Å². The molecule has 0 heterocycles. The number of thioether (sulfide) groups is 1. The Hall–Kier alpha value is 0.0500. The molecule has 1 rings (SSSR count). The first-order chi connectivity index (χ1) is 5.79. The monoisotopic (exact) mass is 186 g/mol. The van der Waals surface area contributed by atoms with E-state index < -0.39 is 0 Å². The quantitative estimate of drug-likeness (QED) is 0.684. The Morgan fingerprint density at radius 1 is 1.58 bits per heavy atom. The van der Waals surface area contributed by atoms with Gasteiger partial charge in [-0.05, 0) is 38.9 Å². The summed E-state index contributed by atoms with van der Waals surface area (Å²) in [6, 6.07) is 0. The molecule has 1 aliphatic carbocycles. The molecule has 70 valence electrons. The summed E-state index contributed by atoms with van der Waals surface area (Å²) in [5.74, 6) is 0. The van der Waals surface area contributed by atoms with Gasteiger partial charge in [0.2, 0.25) is 0 Å². The van der Waals surface area contributed by atoms with Crippen molar-refractivity contribution in [2.75, 3.05) is 12.9 Å². The lowest BCUT2D eigenvalue weighted by Gasteiger charge is -2.25. The van der Waals surface area contributed by atoms with E-state index in [2.05, 4.69) is 13.2 Å². The minimum absolute atomic E-state index is 0.309. The molecule has 1 N–H and O–H groups in total. The number of allylic oxidation sites excluding steroid dienone is 1. The average molecular weight is 186 g/mol. The largest absolute Gasteiger partial charge is 0.396 e. The predicted molar refractivity (Wildman–Crippen MR) is 55.6 cm³/mol. The molecule has 0 aromatic carbocycles. The number of hydrogen-bond donors (Lipinski definition) is 1. The first-order valence-corrected chi connectivity index (χ1v) is 5.90. The van der Waals surface area contributed by atoms with Crippen LogP contribution in [0.2, 0.25) is 0 Å². The summed E-state index contributed by atoms with van der Waals surface area (Å²) >= 11 is 1.93. The van der Waals surface area contributed by atoms with Gasteiger partial charge in [-0.3, -0.25) is 0 Å². The van der Waals surface area contributed by atoms with Gasteiger partial charge in [-0.1, -0.05) is 11.1 Å². The normalized spacial score (nSPS) is 24.8. The van der Waals surface area contributed by atoms with E-state index in [1.54, 1.807) is 0 Å². The molecule has 0 amide bonds. The van der Waals surface area contributed by atoms with Crippen LogP contribution in [0, 0.1) is 0 Å². The molecule has 2 heteroatoms. The highest BCUT2D eigenvalue weighted by Gasteiger charge is 2.19. The Morgan fingerprint density at radius 2 is 2.33 bits per heavy atom. The van der Waals surface area contributed by atoms with Crippen LogP contribution in [0.4, 0.5) is 0 Å². The van der Waals surface area contributed by atoms with Crippen molar-refractivity contribution >= 4 is 11.8 Å². The van der Waals surface area contributed by atoms with Gasteiger partial charge in [0, 0.05) is 11.9 Å². The Kier molecular flexibility index (Phi) is 4.16. The van der Waals surface area contributed by atoms with Crippen LogP contribution in [0.25, 0.3) is 0 Å². The summed E-state index contributed by atoms with van der Waals surface area (Å²) in [7, 11) is 0. The molecule has 0 saturated heterocycles. The Balaban J connectivity index is 2.68. The minimum atomic E-state index is 0.309. The van der Waals surface area contributed by atoms with Gasteiger partial charge in [-0.15, -0.1) is 0 Å². The average Bonchev–Trinajstić information content (AvgIpc) is 2.09. The van der Waals surface area contributed by atoms with Crippen molar-refractivity contribution < 1.29 is 5.11 Å². The third-order valence-electron chi connectivity index (χ3n) is 2.62. The van der Waals surface area contributed by atoms with E-state index in [1.807, 2.05) is 11.8 Å². The smallest absolute Gasteiger partial charge is 0.0468 e. The molecular formula is C10H18OS. The van der Waals surface area contributed by atoms with E-state index in [-0.39, 0.29) is 0 Å². The van der Waals surface area contributed by atoms with E-state index in [0.29, 0.717) is 11.9 Å². The Labute approximate surface area is 79.2 Å². The van der Waals surface area contributed by atoms with Crippen LogP contribution >= 0.6 is 11.8 Å². The molecule has 0 bridgehead atoms. The lowest BCUT2D eigenvalue weighted by atomic mass is 9.90. The highest BCUT2D eigenvalue weighted by molar-refractivity contribution is 7.99. The van der Waals surface area contributed by atoms with Crippen molar-refractivity contribution in [3.63, 3.8) is 0 Å². The molecule has 0 fully saturated rings. The van der Waals surface area contributed by atoms with Crippen molar-refractivity contribution in [2.24, 2.45) is 0 Å². The SMILES string of the molecule is CSC1CCCC(C)=C1CCO. The summed E-state index contributed by atoms with van der Waals surface area (Å²) < 4.78 is 0. The van der Waals surface area contributed by atoms with E-state index in [0.717, 1.165) is 6.42 Å². The lowest BCUT2D eigenvalue weighted by Crippen LogP contribution is -2.14. The summed E-state index contributed by atoms with van der Waals surface area (Å²) in [6.45, 7) is 2.52. The van der Waals surface area contributed by atoms with E-state index in [4.69, 9.17) is 5.11 Å². The zero-order valence-corrected chi connectivity index (χ0v) is 8.78. The van der Waals surface area contributed by atoms with Gasteiger partial charge >= 0.3 is 0 Å². The zero-order chi connectivity index (χ0) is 8.97. The molecule has 0 spiro atoms. The predicted octanol–water partition coefficient (Wildman–Crippen LogP) is 2.60. The van der Waals surface area contributed by atoms with E-state index in [1.165, 1.54) is 30.4 Å². The van der Waals surface area contributed by atoms with Gasteiger partial charge in [-0.25, -0.2) is 0 Å². The minimum Gasteiger partial charge on any atom is -0.396 e. The van der Waals surface area contributed by atoms with Crippen molar-refractivity contribution in [3.8, 4) is 0 Å². The third-order valence-corrected chi connectivity index (χ3v) is 3.71. The maximum atomic E-state index is 8.91. The molecular weight excluding hydrogens is 168 g/mol. The number of hydrogen-bond acceptors (Lipinski definition) is 2. The molecule has 0 aliphatic heterocycles. The molecule has 0 aromatic heterocycles. The molecule has 1 nitrogen and oxygen atoms in total. The van der Waals surface area contributed by atoms with Crippen LogP contribution < -0.4 is 0 Å². The second-order valence-corrected chi connectivity index (χ2v) is 4.44. The van der Waals surface area contributed by atoms with Crippen LogP contribution in [0.15, 0.2) is 11.1 Å². The first kappa shape index (κ1) is 10.1. The Bertz CT molecular complexity index is 175. The van der Waals surface area contributed by atoms with Gasteiger partial charge < -0.3 is 5.11 Å². The van der Waals surface area contributed by atoms with Gasteiger partial charge in [0.1, 0.15) is 0 Å². The molecule has 1 atom stereocenters. The van der Waals surface area contributed by atoms with Crippen LogP contribution in [0.5, 0.6) is 0 Å². The first-order valence-electron chi connectivity index (χ1n) is 4.61. The molecule has 1 aliphatic rings. The molecule has 0 radical (unpaired) electrons. The molecule has 0 saturated carbocycles. The molecule has 1 unspecified atom stereocenters. The van der Waals surface area contributed by atoms with Crippen LogP contribution in [-0.2, 0) is 0 Å². The Morgan fingerprint density at radius 3 is 2.92 bits per heavy atom.